The Kier molecular flexibility index (Phi) is 2.36. The van der Waals surface area contributed by atoms with Crippen LogP contribution in [0.4, 0.5) is 0 Å². The van der Waals surface area contributed by atoms with Crippen molar-refractivity contribution >= 4 is 0 Å². The average Bonchev–Trinajstić information content (AvgIpc) is 2.72. The van der Waals surface area contributed by atoms with E-state index in [4.69, 9.17) is 5.73 Å². The molecule has 3 nitrogen and oxygen atoms in total. The van der Waals surface area contributed by atoms with Gasteiger partial charge in [-0.15, -0.1) is 0 Å². The molecule has 0 spiro atoms. The predicted molar refractivity (Wildman–Crippen MR) is 52.1 cm³/mol. The molecule has 72 valence electrons. The molecule has 3 heteroatoms. The summed E-state index contributed by atoms with van der Waals surface area (Å²) in [7, 11) is 1.94. The molecule has 0 saturated heterocycles. The second-order valence-electron chi connectivity index (χ2n) is 3.98. The zero-order valence-electron chi connectivity index (χ0n) is 8.11. The van der Waals surface area contributed by atoms with E-state index in [0.29, 0.717) is 5.92 Å². The van der Waals surface area contributed by atoms with Crippen LogP contribution in [-0.2, 0) is 7.05 Å². The fraction of sp³-hybridized carbons (Fsp3) is 0.700. The van der Waals surface area contributed by atoms with E-state index in [2.05, 4.69) is 5.10 Å². The minimum Gasteiger partial charge on any atom is -0.322 e. The maximum absolute atomic E-state index is 6.14. The smallest absolute Gasteiger partial charge is 0.0794 e. The van der Waals surface area contributed by atoms with Crippen molar-refractivity contribution in [3.8, 4) is 0 Å². The van der Waals surface area contributed by atoms with E-state index in [1.54, 1.807) is 0 Å². The van der Waals surface area contributed by atoms with Crippen LogP contribution in [0.15, 0.2) is 12.3 Å². The number of aromatic nitrogens is 2. The maximum atomic E-state index is 6.14. The first-order chi connectivity index (χ1) is 6.27. The van der Waals surface area contributed by atoms with E-state index in [-0.39, 0.29) is 6.04 Å². The average molecular weight is 179 g/mol. The van der Waals surface area contributed by atoms with Crippen molar-refractivity contribution in [2.24, 2.45) is 18.7 Å². The highest BCUT2D eigenvalue weighted by molar-refractivity contribution is 5.06. The van der Waals surface area contributed by atoms with Gasteiger partial charge in [0.25, 0.3) is 0 Å². The highest BCUT2D eigenvalue weighted by Gasteiger charge is 2.24. The quantitative estimate of drug-likeness (QED) is 0.749. The molecule has 0 aromatic carbocycles. The lowest BCUT2D eigenvalue weighted by Gasteiger charge is -2.15. The van der Waals surface area contributed by atoms with Gasteiger partial charge in [-0.2, -0.15) is 5.10 Å². The molecule has 1 heterocycles. The normalized spacial score (nSPS) is 20.8. The molecular formula is C10H17N3. The number of hydrogen-bond donors (Lipinski definition) is 1. The zero-order valence-corrected chi connectivity index (χ0v) is 8.11. The van der Waals surface area contributed by atoms with Crippen molar-refractivity contribution in [2.45, 2.75) is 31.7 Å². The minimum atomic E-state index is 0.156. The highest BCUT2D eigenvalue weighted by atomic mass is 15.3. The van der Waals surface area contributed by atoms with Crippen molar-refractivity contribution in [1.82, 2.24) is 9.78 Å². The number of aryl methyl sites for hydroxylation is 1. The molecular weight excluding hydrogens is 162 g/mol. The van der Waals surface area contributed by atoms with Gasteiger partial charge < -0.3 is 5.73 Å². The topological polar surface area (TPSA) is 43.8 Å². The molecule has 1 saturated carbocycles. The van der Waals surface area contributed by atoms with Crippen LogP contribution in [0.25, 0.3) is 0 Å². The van der Waals surface area contributed by atoms with Gasteiger partial charge in [0.2, 0.25) is 0 Å². The molecule has 0 aliphatic heterocycles. The zero-order chi connectivity index (χ0) is 9.26. The molecule has 1 atom stereocenters. The van der Waals surface area contributed by atoms with Gasteiger partial charge in [-0.3, -0.25) is 4.68 Å². The van der Waals surface area contributed by atoms with Crippen LogP contribution in [0.2, 0.25) is 0 Å². The van der Waals surface area contributed by atoms with Crippen LogP contribution in [0.3, 0.4) is 0 Å². The second-order valence-corrected chi connectivity index (χ2v) is 3.98. The van der Waals surface area contributed by atoms with Crippen LogP contribution in [-0.4, -0.2) is 9.78 Å². The summed E-state index contributed by atoms with van der Waals surface area (Å²) in [5.41, 5.74) is 7.19. The minimum absolute atomic E-state index is 0.156. The van der Waals surface area contributed by atoms with Crippen LogP contribution >= 0.6 is 0 Å². The summed E-state index contributed by atoms with van der Waals surface area (Å²) >= 11 is 0. The molecule has 1 aromatic heterocycles. The lowest BCUT2D eigenvalue weighted by molar-refractivity contribution is 0.433. The maximum Gasteiger partial charge on any atom is 0.0794 e. The van der Waals surface area contributed by atoms with Crippen molar-refractivity contribution in [1.29, 1.82) is 0 Å². The first-order valence-electron chi connectivity index (χ1n) is 5.02. The van der Waals surface area contributed by atoms with Crippen molar-refractivity contribution < 1.29 is 0 Å². The SMILES string of the molecule is Cn1ccc(C(N)C2CCCC2)n1. The molecule has 1 aromatic rings. The Labute approximate surface area is 78.9 Å². The monoisotopic (exact) mass is 179 g/mol. The summed E-state index contributed by atoms with van der Waals surface area (Å²) in [5.74, 6) is 0.662. The first kappa shape index (κ1) is 8.75. The van der Waals surface area contributed by atoms with E-state index >= 15 is 0 Å². The third kappa shape index (κ3) is 1.75. The third-order valence-corrected chi connectivity index (χ3v) is 2.98. The van der Waals surface area contributed by atoms with E-state index in [9.17, 15) is 0 Å². The summed E-state index contributed by atoms with van der Waals surface area (Å²) in [6, 6.07) is 2.19. The molecule has 0 radical (unpaired) electrons. The van der Waals surface area contributed by atoms with Gasteiger partial charge in [0.1, 0.15) is 0 Å². The van der Waals surface area contributed by atoms with Gasteiger partial charge in [0, 0.05) is 13.2 Å². The van der Waals surface area contributed by atoms with Crippen LogP contribution in [0, 0.1) is 5.92 Å². The van der Waals surface area contributed by atoms with Crippen LogP contribution in [0.1, 0.15) is 37.4 Å². The van der Waals surface area contributed by atoms with Crippen LogP contribution in [0.5, 0.6) is 0 Å². The molecule has 2 N–H and O–H groups in total. The first-order valence-corrected chi connectivity index (χ1v) is 5.02. The summed E-state index contributed by atoms with van der Waals surface area (Å²) in [6.07, 6.45) is 7.19. The van der Waals surface area contributed by atoms with E-state index in [1.807, 2.05) is 24.0 Å². The van der Waals surface area contributed by atoms with Gasteiger partial charge >= 0.3 is 0 Å². The second kappa shape index (κ2) is 3.50. The molecule has 0 bridgehead atoms. The third-order valence-electron chi connectivity index (χ3n) is 2.98. The Balaban J connectivity index is 2.07. The Bertz CT molecular complexity index is 273. The number of nitrogens with zero attached hydrogens (tertiary/aromatic N) is 2. The lowest BCUT2D eigenvalue weighted by Crippen LogP contribution is -2.19. The van der Waals surface area contributed by atoms with Gasteiger partial charge in [-0.05, 0) is 24.8 Å². The number of nitrogens with two attached hydrogens (primary N) is 1. The van der Waals surface area contributed by atoms with Gasteiger partial charge in [0.05, 0.1) is 11.7 Å². The van der Waals surface area contributed by atoms with E-state index in [0.717, 1.165) is 5.69 Å². The molecule has 13 heavy (non-hydrogen) atoms. The molecule has 2 rings (SSSR count). The fourth-order valence-corrected chi connectivity index (χ4v) is 2.17. The summed E-state index contributed by atoms with van der Waals surface area (Å²) in [4.78, 5) is 0. The van der Waals surface area contributed by atoms with Crippen molar-refractivity contribution in [3.63, 3.8) is 0 Å². The van der Waals surface area contributed by atoms with Gasteiger partial charge in [-0.1, -0.05) is 12.8 Å². The largest absolute Gasteiger partial charge is 0.322 e. The van der Waals surface area contributed by atoms with Crippen molar-refractivity contribution in [2.75, 3.05) is 0 Å². The molecule has 1 aliphatic rings. The summed E-state index contributed by atoms with van der Waals surface area (Å²) in [5, 5.41) is 4.35. The van der Waals surface area contributed by atoms with E-state index in [1.165, 1.54) is 25.7 Å². The molecule has 1 unspecified atom stereocenters. The number of hydrogen-bond acceptors (Lipinski definition) is 2. The van der Waals surface area contributed by atoms with E-state index < -0.39 is 0 Å². The Morgan fingerprint density at radius 2 is 2.23 bits per heavy atom. The van der Waals surface area contributed by atoms with Gasteiger partial charge in [-0.25, -0.2) is 0 Å². The van der Waals surface area contributed by atoms with Gasteiger partial charge in [0.15, 0.2) is 0 Å². The fourth-order valence-electron chi connectivity index (χ4n) is 2.17. The van der Waals surface area contributed by atoms with Crippen LogP contribution < -0.4 is 5.73 Å². The predicted octanol–water partition coefficient (Wildman–Crippen LogP) is 1.61. The van der Waals surface area contributed by atoms with Crippen molar-refractivity contribution in [3.05, 3.63) is 18.0 Å². The molecule has 1 aliphatic carbocycles. The Morgan fingerprint density at radius 1 is 1.54 bits per heavy atom. The molecule has 0 amide bonds. The Hall–Kier alpha value is -0.830. The molecule has 1 fully saturated rings. The number of rotatable bonds is 2. The summed E-state index contributed by atoms with van der Waals surface area (Å²) in [6.45, 7) is 0. The Morgan fingerprint density at radius 3 is 2.77 bits per heavy atom. The highest BCUT2D eigenvalue weighted by Crippen LogP contribution is 2.33. The summed E-state index contributed by atoms with van der Waals surface area (Å²) < 4.78 is 1.82. The lowest BCUT2D eigenvalue weighted by atomic mass is 9.96. The standard InChI is InChI=1S/C10H17N3/c1-13-7-6-9(12-13)10(11)8-4-2-3-5-8/h6-8,10H,2-5,11H2,1H3.